The monoisotopic (exact) mass is 245 g/mol. The van der Waals surface area contributed by atoms with Gasteiger partial charge in [0.05, 0.1) is 0 Å². The molecule has 1 aliphatic rings. The average Bonchev–Trinajstić information content (AvgIpc) is 2.47. The first-order chi connectivity index (χ1) is 8.72. The highest BCUT2D eigenvalue weighted by molar-refractivity contribution is 5.94. The number of amides is 1. The number of hydrogen-bond acceptors (Lipinski definition) is 1. The van der Waals surface area contributed by atoms with Gasteiger partial charge in [-0.05, 0) is 37.0 Å². The van der Waals surface area contributed by atoms with E-state index in [1.54, 1.807) is 0 Å². The lowest BCUT2D eigenvalue weighted by Crippen LogP contribution is -2.38. The Hall–Kier alpha value is -1.31. The Morgan fingerprint density at radius 2 is 1.78 bits per heavy atom. The van der Waals surface area contributed by atoms with E-state index in [9.17, 15) is 4.79 Å². The Bertz CT molecular complexity index is 390. The fraction of sp³-hybridized carbons (Fsp3) is 0.562. The van der Waals surface area contributed by atoms with E-state index in [2.05, 4.69) is 19.1 Å². The second kappa shape index (κ2) is 6.03. The van der Waals surface area contributed by atoms with Crippen LogP contribution in [-0.4, -0.2) is 23.9 Å². The number of benzene rings is 1. The van der Waals surface area contributed by atoms with E-state index < -0.39 is 0 Å². The van der Waals surface area contributed by atoms with Crippen molar-refractivity contribution in [2.75, 3.05) is 7.05 Å². The summed E-state index contributed by atoms with van der Waals surface area (Å²) in [6, 6.07) is 8.47. The minimum Gasteiger partial charge on any atom is -0.339 e. The molecule has 0 spiro atoms. The summed E-state index contributed by atoms with van der Waals surface area (Å²) in [7, 11) is 1.95. The summed E-state index contributed by atoms with van der Waals surface area (Å²) in [5.74, 6) is 0.171. The predicted molar refractivity (Wildman–Crippen MR) is 74.8 cm³/mol. The number of aryl methyl sites for hydroxylation is 1. The first-order valence-electron chi connectivity index (χ1n) is 7.08. The third kappa shape index (κ3) is 2.92. The molecule has 0 N–H and O–H groups in total. The van der Waals surface area contributed by atoms with Crippen LogP contribution in [0.4, 0.5) is 0 Å². The van der Waals surface area contributed by atoms with E-state index >= 15 is 0 Å². The number of carbonyl (C=O) groups excluding carboxylic acids is 1. The summed E-state index contributed by atoms with van der Waals surface area (Å²) in [5, 5.41) is 0. The molecule has 1 amide bonds. The van der Waals surface area contributed by atoms with Gasteiger partial charge in [0, 0.05) is 18.7 Å². The van der Waals surface area contributed by atoms with Crippen molar-refractivity contribution >= 4 is 5.91 Å². The van der Waals surface area contributed by atoms with E-state index in [0.717, 1.165) is 24.8 Å². The molecular formula is C16H23NO. The van der Waals surface area contributed by atoms with E-state index in [1.807, 2.05) is 24.1 Å². The molecule has 2 nitrogen and oxygen atoms in total. The van der Waals surface area contributed by atoms with E-state index in [4.69, 9.17) is 0 Å². The normalized spacial score (nSPS) is 16.6. The van der Waals surface area contributed by atoms with Crippen LogP contribution in [-0.2, 0) is 6.42 Å². The van der Waals surface area contributed by atoms with Crippen LogP contribution in [0, 0.1) is 0 Å². The van der Waals surface area contributed by atoms with Gasteiger partial charge in [0.2, 0.25) is 0 Å². The maximum Gasteiger partial charge on any atom is 0.253 e. The Morgan fingerprint density at radius 1 is 1.17 bits per heavy atom. The van der Waals surface area contributed by atoms with Crippen LogP contribution in [0.15, 0.2) is 24.3 Å². The Balaban J connectivity index is 2.04. The molecule has 0 radical (unpaired) electrons. The van der Waals surface area contributed by atoms with Crippen molar-refractivity contribution in [3.05, 3.63) is 35.4 Å². The summed E-state index contributed by atoms with van der Waals surface area (Å²) in [5.41, 5.74) is 2.10. The molecule has 2 heteroatoms. The molecule has 1 aromatic carbocycles. The predicted octanol–water partition coefficient (Wildman–Crippen LogP) is 3.65. The van der Waals surface area contributed by atoms with Gasteiger partial charge in [0.1, 0.15) is 0 Å². The number of nitrogens with zero attached hydrogens (tertiary/aromatic N) is 1. The lowest BCUT2D eigenvalue weighted by atomic mass is 9.94. The van der Waals surface area contributed by atoms with Crippen LogP contribution in [0.25, 0.3) is 0 Å². The van der Waals surface area contributed by atoms with Crippen LogP contribution in [0.2, 0.25) is 0 Å². The molecule has 1 fully saturated rings. The van der Waals surface area contributed by atoms with Gasteiger partial charge < -0.3 is 4.90 Å². The maximum absolute atomic E-state index is 12.4. The summed E-state index contributed by atoms with van der Waals surface area (Å²) in [6.45, 7) is 2.13. The standard InChI is InChI=1S/C16H23NO/c1-3-13-9-11-14(12-10-13)16(18)17(2)15-7-5-4-6-8-15/h9-12,15H,3-8H2,1-2H3. The maximum atomic E-state index is 12.4. The smallest absolute Gasteiger partial charge is 0.253 e. The van der Waals surface area contributed by atoms with Crippen molar-refractivity contribution in [1.82, 2.24) is 4.90 Å². The van der Waals surface area contributed by atoms with Gasteiger partial charge in [-0.1, -0.05) is 38.3 Å². The second-order valence-electron chi connectivity index (χ2n) is 5.26. The van der Waals surface area contributed by atoms with Crippen molar-refractivity contribution in [3.8, 4) is 0 Å². The van der Waals surface area contributed by atoms with E-state index in [-0.39, 0.29) is 5.91 Å². The molecule has 0 aliphatic heterocycles. The fourth-order valence-corrected chi connectivity index (χ4v) is 2.72. The lowest BCUT2D eigenvalue weighted by molar-refractivity contribution is 0.0696. The topological polar surface area (TPSA) is 20.3 Å². The first kappa shape index (κ1) is 13.1. The van der Waals surface area contributed by atoms with Crippen molar-refractivity contribution in [3.63, 3.8) is 0 Å². The van der Waals surface area contributed by atoms with Crippen LogP contribution in [0.5, 0.6) is 0 Å². The highest BCUT2D eigenvalue weighted by Gasteiger charge is 2.22. The van der Waals surface area contributed by atoms with Gasteiger partial charge in [-0.15, -0.1) is 0 Å². The van der Waals surface area contributed by atoms with Gasteiger partial charge in [-0.25, -0.2) is 0 Å². The minimum absolute atomic E-state index is 0.171. The van der Waals surface area contributed by atoms with Gasteiger partial charge in [0.15, 0.2) is 0 Å². The van der Waals surface area contributed by atoms with Crippen LogP contribution in [0.1, 0.15) is 54.9 Å². The van der Waals surface area contributed by atoms with Crippen molar-refractivity contribution in [2.45, 2.75) is 51.5 Å². The lowest BCUT2D eigenvalue weighted by Gasteiger charge is -2.31. The zero-order valence-corrected chi connectivity index (χ0v) is 11.5. The van der Waals surface area contributed by atoms with Crippen LogP contribution < -0.4 is 0 Å². The van der Waals surface area contributed by atoms with Crippen molar-refractivity contribution < 1.29 is 4.79 Å². The van der Waals surface area contributed by atoms with Crippen molar-refractivity contribution in [1.29, 1.82) is 0 Å². The second-order valence-corrected chi connectivity index (χ2v) is 5.26. The number of carbonyl (C=O) groups is 1. The molecule has 0 atom stereocenters. The molecular weight excluding hydrogens is 222 g/mol. The third-order valence-corrected chi connectivity index (χ3v) is 4.05. The molecule has 1 aliphatic carbocycles. The van der Waals surface area contributed by atoms with E-state index in [1.165, 1.54) is 24.8 Å². The van der Waals surface area contributed by atoms with Crippen LogP contribution >= 0.6 is 0 Å². The third-order valence-electron chi connectivity index (χ3n) is 4.05. The van der Waals surface area contributed by atoms with Crippen molar-refractivity contribution in [2.24, 2.45) is 0 Å². The molecule has 0 saturated heterocycles. The molecule has 0 heterocycles. The average molecular weight is 245 g/mol. The van der Waals surface area contributed by atoms with Gasteiger partial charge in [-0.3, -0.25) is 4.79 Å². The molecule has 0 aromatic heterocycles. The molecule has 18 heavy (non-hydrogen) atoms. The number of hydrogen-bond donors (Lipinski definition) is 0. The van der Waals surface area contributed by atoms with Gasteiger partial charge >= 0.3 is 0 Å². The zero-order valence-electron chi connectivity index (χ0n) is 11.5. The number of rotatable bonds is 3. The summed E-state index contributed by atoms with van der Waals surface area (Å²) >= 11 is 0. The highest BCUT2D eigenvalue weighted by atomic mass is 16.2. The Labute approximate surface area is 110 Å². The largest absolute Gasteiger partial charge is 0.339 e. The summed E-state index contributed by atoms with van der Waals surface area (Å²) in [6.07, 6.45) is 7.19. The Morgan fingerprint density at radius 3 is 2.33 bits per heavy atom. The molecule has 1 aromatic rings. The van der Waals surface area contributed by atoms with E-state index in [0.29, 0.717) is 6.04 Å². The highest BCUT2D eigenvalue weighted by Crippen LogP contribution is 2.22. The Kier molecular flexibility index (Phi) is 4.40. The quantitative estimate of drug-likeness (QED) is 0.796. The first-order valence-corrected chi connectivity index (χ1v) is 7.08. The molecule has 2 rings (SSSR count). The van der Waals surface area contributed by atoms with Gasteiger partial charge in [0.25, 0.3) is 5.91 Å². The van der Waals surface area contributed by atoms with Crippen LogP contribution in [0.3, 0.4) is 0 Å². The molecule has 0 unspecified atom stereocenters. The van der Waals surface area contributed by atoms with Gasteiger partial charge in [-0.2, -0.15) is 0 Å². The summed E-state index contributed by atoms with van der Waals surface area (Å²) in [4.78, 5) is 14.3. The summed E-state index contributed by atoms with van der Waals surface area (Å²) < 4.78 is 0. The molecule has 98 valence electrons. The fourth-order valence-electron chi connectivity index (χ4n) is 2.72. The molecule has 0 bridgehead atoms. The molecule has 1 saturated carbocycles. The minimum atomic E-state index is 0.171. The zero-order chi connectivity index (χ0) is 13.0. The SMILES string of the molecule is CCc1ccc(C(=O)N(C)C2CCCCC2)cc1.